The third kappa shape index (κ3) is 28.6. The molecule has 0 saturated carbocycles. The van der Waals surface area contributed by atoms with Gasteiger partial charge in [-0.1, -0.05) is 149 Å². The molecule has 0 radical (unpaired) electrons. The molecule has 0 heterocycles. The van der Waals surface area contributed by atoms with Crippen LogP contribution in [0, 0.1) is 0 Å². The quantitative estimate of drug-likeness (QED) is 0.0378. The molecule has 332 valence electrons. The molecule has 0 aromatic heterocycles. The zero-order valence-corrected chi connectivity index (χ0v) is 37.6. The van der Waals surface area contributed by atoms with Crippen molar-refractivity contribution in [3.05, 3.63) is 20.4 Å². The fourth-order valence-corrected chi connectivity index (χ4v) is 7.70. The Balaban J connectivity index is 2.38. The number of rotatable bonds is 43. The van der Waals surface area contributed by atoms with Gasteiger partial charge in [0, 0.05) is 26.4 Å². The van der Waals surface area contributed by atoms with Crippen LogP contribution in [0.25, 0.3) is 0 Å². The number of carbonyl (C=O) groups is 2. The smallest absolute Gasteiger partial charge is 0.306 e. The van der Waals surface area contributed by atoms with Gasteiger partial charge in [0.1, 0.15) is 17.5 Å². The van der Waals surface area contributed by atoms with Crippen LogP contribution in [0.4, 0.5) is 11.4 Å². The van der Waals surface area contributed by atoms with E-state index in [2.05, 4.69) is 36.3 Å². The van der Waals surface area contributed by atoms with E-state index in [1.165, 1.54) is 96.3 Å². The van der Waals surface area contributed by atoms with Crippen molar-refractivity contribution >= 4 is 23.3 Å². The highest BCUT2D eigenvalue weighted by Gasteiger charge is 2.19. The number of esters is 2. The number of anilines is 2. The lowest BCUT2D eigenvalue weighted by Gasteiger charge is -2.23. The molecule has 1 aromatic rings. The van der Waals surface area contributed by atoms with E-state index < -0.39 is 10.9 Å². The number of nitrogens with zero attached hydrogens (tertiary/aromatic N) is 1. The van der Waals surface area contributed by atoms with Crippen molar-refractivity contribution in [2.24, 2.45) is 0 Å². The van der Waals surface area contributed by atoms with Gasteiger partial charge in [-0.3, -0.25) is 19.2 Å². The predicted molar refractivity (Wildman–Crippen MR) is 241 cm³/mol. The highest BCUT2D eigenvalue weighted by molar-refractivity contribution is 5.73. The lowest BCUT2D eigenvalue weighted by molar-refractivity contribution is -0.150. The standard InChI is InChI=1S/C48H89N3O6/c1-5-8-11-14-17-23-31-41-56-43(52)35-28-24-30-39-51(40-32-37-50-46-45(49-4)47(54)48(46)55)38-29-22-18-21-27-36-44(53)57-42(33-25-19-15-12-9-6-2)34-26-20-16-13-10-7-3/h42,49-50H,5-41H2,1-4H3. The third-order valence-corrected chi connectivity index (χ3v) is 11.4. The third-order valence-electron chi connectivity index (χ3n) is 11.4. The van der Waals surface area contributed by atoms with E-state index in [0.29, 0.717) is 37.4 Å². The van der Waals surface area contributed by atoms with Gasteiger partial charge in [0.25, 0.3) is 10.9 Å². The fraction of sp³-hybridized carbons (Fsp3) is 0.875. The van der Waals surface area contributed by atoms with Crippen LogP contribution in [0.5, 0.6) is 0 Å². The van der Waals surface area contributed by atoms with E-state index in [4.69, 9.17) is 9.47 Å². The molecule has 1 rings (SSSR count). The Morgan fingerprint density at radius 3 is 1.47 bits per heavy atom. The molecule has 0 spiro atoms. The van der Waals surface area contributed by atoms with Crippen molar-refractivity contribution in [3.8, 4) is 0 Å². The molecular weight excluding hydrogens is 715 g/mol. The van der Waals surface area contributed by atoms with Gasteiger partial charge in [-0.25, -0.2) is 0 Å². The topological polar surface area (TPSA) is 114 Å². The van der Waals surface area contributed by atoms with Crippen molar-refractivity contribution in [2.45, 2.75) is 232 Å². The molecule has 0 saturated heterocycles. The molecule has 1 aromatic carbocycles. The Morgan fingerprint density at radius 2 is 0.930 bits per heavy atom. The van der Waals surface area contributed by atoms with Crippen molar-refractivity contribution in [2.75, 3.05) is 50.5 Å². The summed E-state index contributed by atoms with van der Waals surface area (Å²) in [4.78, 5) is 51.2. The van der Waals surface area contributed by atoms with Gasteiger partial charge >= 0.3 is 11.9 Å². The molecular formula is C48H89N3O6. The fourth-order valence-electron chi connectivity index (χ4n) is 7.70. The van der Waals surface area contributed by atoms with Gasteiger partial charge in [-0.05, 0) is 83.8 Å². The van der Waals surface area contributed by atoms with Crippen LogP contribution < -0.4 is 21.5 Å². The molecule has 2 N–H and O–H groups in total. The van der Waals surface area contributed by atoms with Crippen molar-refractivity contribution < 1.29 is 19.1 Å². The molecule has 9 nitrogen and oxygen atoms in total. The molecule has 0 aliphatic carbocycles. The lowest BCUT2D eigenvalue weighted by Crippen LogP contribution is -2.37. The highest BCUT2D eigenvalue weighted by Crippen LogP contribution is 2.19. The first-order valence-corrected chi connectivity index (χ1v) is 24.2. The molecule has 0 aliphatic heterocycles. The summed E-state index contributed by atoms with van der Waals surface area (Å²) in [5.41, 5.74) is -0.0990. The Hall–Kier alpha value is -2.42. The van der Waals surface area contributed by atoms with Crippen LogP contribution in [0.15, 0.2) is 9.59 Å². The van der Waals surface area contributed by atoms with Gasteiger partial charge < -0.3 is 25.0 Å². The number of unbranched alkanes of at least 4 members (excludes halogenated alkanes) is 22. The summed E-state index contributed by atoms with van der Waals surface area (Å²) in [7, 11) is 1.66. The average Bonchev–Trinajstić information content (AvgIpc) is 3.21. The average molecular weight is 804 g/mol. The van der Waals surface area contributed by atoms with Crippen LogP contribution in [-0.2, 0) is 19.1 Å². The summed E-state index contributed by atoms with van der Waals surface area (Å²) in [5.74, 6) is -0.0821. The number of hydrogen-bond acceptors (Lipinski definition) is 9. The maximum absolute atomic E-state index is 12.8. The van der Waals surface area contributed by atoms with Crippen LogP contribution in [0.1, 0.15) is 226 Å². The zero-order valence-electron chi connectivity index (χ0n) is 37.6. The van der Waals surface area contributed by atoms with E-state index in [9.17, 15) is 19.2 Å². The normalized spacial score (nSPS) is 11.5. The van der Waals surface area contributed by atoms with Crippen LogP contribution in [0.3, 0.4) is 0 Å². The Morgan fingerprint density at radius 1 is 0.509 bits per heavy atom. The molecule has 9 heteroatoms. The first-order chi connectivity index (χ1) is 27.9. The summed E-state index contributed by atoms with van der Waals surface area (Å²) in [6.07, 6.45) is 35.8. The SMILES string of the molecule is CCCCCCCCCOC(=O)CCCCCN(CCCCCCCC(=O)OC(CCCCCCCC)CCCCCCCC)CCCNc1c(NC)c(=O)c1=O. The molecule has 57 heavy (non-hydrogen) atoms. The summed E-state index contributed by atoms with van der Waals surface area (Å²) >= 11 is 0. The first-order valence-electron chi connectivity index (χ1n) is 24.2. The first kappa shape index (κ1) is 52.6. The van der Waals surface area contributed by atoms with Gasteiger partial charge in [0.15, 0.2) is 0 Å². The maximum Gasteiger partial charge on any atom is 0.306 e. The van der Waals surface area contributed by atoms with Crippen LogP contribution in [0.2, 0.25) is 0 Å². The molecule has 0 fully saturated rings. The number of nitrogens with one attached hydrogen (secondary N) is 2. The van der Waals surface area contributed by atoms with E-state index in [-0.39, 0.29) is 18.0 Å². The zero-order chi connectivity index (χ0) is 41.6. The Kier molecular flexibility index (Phi) is 34.9. The molecule has 0 amide bonds. The lowest BCUT2D eigenvalue weighted by atomic mass is 10.0. The van der Waals surface area contributed by atoms with Gasteiger partial charge in [0.05, 0.1) is 6.61 Å². The second-order valence-corrected chi connectivity index (χ2v) is 16.7. The number of ether oxygens (including phenoxy) is 2. The van der Waals surface area contributed by atoms with Crippen molar-refractivity contribution in [3.63, 3.8) is 0 Å². The largest absolute Gasteiger partial charge is 0.466 e. The molecule has 0 aliphatic rings. The van der Waals surface area contributed by atoms with E-state index in [1.807, 2.05) is 0 Å². The second-order valence-electron chi connectivity index (χ2n) is 16.7. The van der Waals surface area contributed by atoms with Gasteiger partial charge in [-0.15, -0.1) is 0 Å². The van der Waals surface area contributed by atoms with Crippen LogP contribution in [-0.4, -0.2) is 62.8 Å². The van der Waals surface area contributed by atoms with Crippen molar-refractivity contribution in [1.82, 2.24) is 4.90 Å². The van der Waals surface area contributed by atoms with E-state index in [0.717, 1.165) is 116 Å². The molecule has 0 bridgehead atoms. The van der Waals surface area contributed by atoms with E-state index >= 15 is 0 Å². The maximum atomic E-state index is 12.8. The van der Waals surface area contributed by atoms with E-state index in [1.54, 1.807) is 7.05 Å². The highest BCUT2D eigenvalue weighted by atomic mass is 16.5. The summed E-state index contributed by atoms with van der Waals surface area (Å²) < 4.78 is 11.5. The minimum atomic E-state index is -0.448. The van der Waals surface area contributed by atoms with Gasteiger partial charge in [-0.2, -0.15) is 0 Å². The predicted octanol–water partition coefficient (Wildman–Crippen LogP) is 12.0. The van der Waals surface area contributed by atoms with Crippen molar-refractivity contribution in [1.29, 1.82) is 0 Å². The summed E-state index contributed by atoms with van der Waals surface area (Å²) in [6.45, 7) is 10.8. The van der Waals surface area contributed by atoms with Gasteiger partial charge in [0.2, 0.25) is 0 Å². The second kappa shape index (κ2) is 37.8. The monoisotopic (exact) mass is 804 g/mol. The Labute approximate surface area is 349 Å². The minimum absolute atomic E-state index is 0.0104. The summed E-state index contributed by atoms with van der Waals surface area (Å²) in [6, 6.07) is 0. The Bertz CT molecular complexity index is 1150. The van der Waals surface area contributed by atoms with Crippen LogP contribution >= 0.6 is 0 Å². The minimum Gasteiger partial charge on any atom is -0.466 e. The number of carbonyl (C=O) groups excluding carboxylic acids is 2. The summed E-state index contributed by atoms with van der Waals surface area (Å²) in [5, 5.41) is 5.98. The molecule has 0 unspecified atom stereocenters. The molecule has 0 atom stereocenters. The number of hydrogen-bond donors (Lipinski definition) is 2.